The summed E-state index contributed by atoms with van der Waals surface area (Å²) in [5.41, 5.74) is 1.17. The van der Waals surface area contributed by atoms with Gasteiger partial charge in [-0.05, 0) is 42.8 Å². The van der Waals surface area contributed by atoms with E-state index < -0.39 is 8.32 Å². The van der Waals surface area contributed by atoms with Crippen LogP contribution >= 0.6 is 0 Å². The number of nitrogens with zero attached hydrogens (tertiary/aromatic N) is 1. The Labute approximate surface area is 130 Å². The van der Waals surface area contributed by atoms with E-state index >= 15 is 0 Å². The topological polar surface area (TPSA) is 30.8 Å². The van der Waals surface area contributed by atoms with Gasteiger partial charge in [0.05, 0.1) is 19.8 Å². The summed E-state index contributed by atoms with van der Waals surface area (Å²) in [7, 11) is -0.0438. The maximum atomic E-state index is 6.25. The van der Waals surface area contributed by atoms with Crippen LogP contribution in [0.1, 0.15) is 33.3 Å². The molecular formula is C17H29NO2Si. The SMILES string of the molecule is COc1ccc(CN=C[C@H](C)O[Si](C)(C)C(C)(C)C)cc1. The molecule has 0 radical (unpaired) electrons. The van der Waals surface area contributed by atoms with Crippen LogP contribution in [-0.2, 0) is 11.0 Å². The first kappa shape index (κ1) is 17.9. The van der Waals surface area contributed by atoms with Crippen molar-refractivity contribution in [2.24, 2.45) is 4.99 Å². The minimum absolute atomic E-state index is 0.0594. The molecular weight excluding hydrogens is 278 g/mol. The molecule has 0 N–H and O–H groups in total. The molecule has 4 heteroatoms. The first-order valence-electron chi connectivity index (χ1n) is 7.46. The molecule has 1 atom stereocenters. The third-order valence-corrected chi connectivity index (χ3v) is 8.61. The Hall–Kier alpha value is -1.13. The highest BCUT2D eigenvalue weighted by atomic mass is 28.4. The van der Waals surface area contributed by atoms with E-state index in [0.717, 1.165) is 5.75 Å². The second-order valence-electron chi connectivity index (χ2n) is 6.92. The van der Waals surface area contributed by atoms with E-state index in [1.165, 1.54) is 5.56 Å². The molecule has 118 valence electrons. The molecule has 0 aromatic heterocycles. The average molecular weight is 308 g/mol. The molecule has 0 heterocycles. The Morgan fingerprint density at radius 3 is 2.24 bits per heavy atom. The monoisotopic (exact) mass is 307 g/mol. The van der Waals surface area contributed by atoms with Gasteiger partial charge in [-0.1, -0.05) is 32.9 Å². The van der Waals surface area contributed by atoms with Crippen LogP contribution in [0.5, 0.6) is 5.75 Å². The average Bonchev–Trinajstić information content (AvgIpc) is 2.37. The van der Waals surface area contributed by atoms with Gasteiger partial charge in [0.2, 0.25) is 0 Å². The van der Waals surface area contributed by atoms with Crippen molar-refractivity contribution in [3.8, 4) is 5.75 Å². The number of methoxy groups -OCH3 is 1. The van der Waals surface area contributed by atoms with Crippen LogP contribution in [0.15, 0.2) is 29.3 Å². The number of hydrogen-bond acceptors (Lipinski definition) is 3. The summed E-state index contributed by atoms with van der Waals surface area (Å²) in [5.74, 6) is 0.873. The molecule has 3 nitrogen and oxygen atoms in total. The molecule has 21 heavy (non-hydrogen) atoms. The zero-order valence-electron chi connectivity index (χ0n) is 14.4. The van der Waals surface area contributed by atoms with Gasteiger partial charge in [-0.15, -0.1) is 0 Å². The lowest BCUT2D eigenvalue weighted by atomic mass is 10.2. The van der Waals surface area contributed by atoms with Crippen molar-refractivity contribution in [3.05, 3.63) is 29.8 Å². The van der Waals surface area contributed by atoms with Crippen LogP contribution in [0.4, 0.5) is 0 Å². The second-order valence-corrected chi connectivity index (χ2v) is 11.7. The van der Waals surface area contributed by atoms with E-state index in [0.29, 0.717) is 6.54 Å². The maximum absolute atomic E-state index is 6.25. The van der Waals surface area contributed by atoms with E-state index in [1.54, 1.807) is 7.11 Å². The van der Waals surface area contributed by atoms with Gasteiger partial charge in [-0.3, -0.25) is 4.99 Å². The van der Waals surface area contributed by atoms with Gasteiger partial charge in [-0.2, -0.15) is 0 Å². The molecule has 1 aromatic rings. The second kappa shape index (κ2) is 7.23. The maximum Gasteiger partial charge on any atom is 0.192 e. The summed E-state index contributed by atoms with van der Waals surface area (Å²) in [6, 6.07) is 7.99. The fourth-order valence-corrected chi connectivity index (χ4v) is 3.05. The van der Waals surface area contributed by atoms with Gasteiger partial charge < -0.3 is 9.16 Å². The standard InChI is InChI=1S/C17H29NO2Si/c1-14(20-21(6,7)17(2,3)4)12-18-13-15-8-10-16(19-5)11-9-15/h8-12,14H,13H2,1-7H3/t14-/m0/s1. The van der Waals surface area contributed by atoms with Gasteiger partial charge >= 0.3 is 0 Å². The normalized spacial score (nSPS) is 14.4. The summed E-state index contributed by atoms with van der Waals surface area (Å²) < 4.78 is 11.4. The molecule has 0 unspecified atom stereocenters. The molecule has 0 spiro atoms. The zero-order chi connectivity index (χ0) is 16.1. The number of benzene rings is 1. The van der Waals surface area contributed by atoms with Gasteiger partial charge in [0, 0.05) is 6.21 Å². The predicted molar refractivity (Wildman–Crippen MR) is 92.9 cm³/mol. The Balaban J connectivity index is 2.52. The minimum atomic E-state index is -1.72. The fraction of sp³-hybridized carbons (Fsp3) is 0.588. The van der Waals surface area contributed by atoms with Crippen molar-refractivity contribution < 1.29 is 9.16 Å². The quantitative estimate of drug-likeness (QED) is 0.564. The molecule has 1 aromatic carbocycles. The predicted octanol–water partition coefficient (Wildman–Crippen LogP) is 4.68. The Kier molecular flexibility index (Phi) is 6.17. The lowest BCUT2D eigenvalue weighted by Crippen LogP contribution is -2.43. The summed E-state index contributed by atoms with van der Waals surface area (Å²) in [4.78, 5) is 4.49. The Morgan fingerprint density at radius 1 is 1.19 bits per heavy atom. The molecule has 0 aliphatic carbocycles. The lowest BCUT2D eigenvalue weighted by Gasteiger charge is -2.37. The molecule has 0 amide bonds. The summed E-state index contributed by atoms with van der Waals surface area (Å²) in [5, 5.41) is 0.227. The first-order valence-corrected chi connectivity index (χ1v) is 10.4. The van der Waals surface area contributed by atoms with E-state index in [1.807, 2.05) is 30.5 Å². The Morgan fingerprint density at radius 2 is 1.76 bits per heavy atom. The van der Waals surface area contributed by atoms with Crippen molar-refractivity contribution in [3.63, 3.8) is 0 Å². The molecule has 0 fully saturated rings. The van der Waals surface area contributed by atoms with Crippen molar-refractivity contribution in [1.29, 1.82) is 0 Å². The van der Waals surface area contributed by atoms with Crippen molar-refractivity contribution in [2.45, 2.75) is 58.5 Å². The molecule has 0 saturated carbocycles. The van der Waals surface area contributed by atoms with Crippen LogP contribution in [-0.4, -0.2) is 27.7 Å². The highest BCUT2D eigenvalue weighted by Gasteiger charge is 2.38. The van der Waals surface area contributed by atoms with Gasteiger partial charge in [0.25, 0.3) is 0 Å². The number of hydrogen-bond donors (Lipinski definition) is 0. The van der Waals surface area contributed by atoms with Crippen LogP contribution < -0.4 is 4.74 Å². The lowest BCUT2D eigenvalue weighted by molar-refractivity contribution is 0.263. The molecule has 0 bridgehead atoms. The summed E-state index contributed by atoms with van der Waals surface area (Å²) >= 11 is 0. The van der Waals surface area contributed by atoms with Crippen molar-refractivity contribution in [1.82, 2.24) is 0 Å². The summed E-state index contributed by atoms with van der Waals surface area (Å²) in [6.45, 7) is 14.0. The van der Waals surface area contributed by atoms with E-state index in [4.69, 9.17) is 9.16 Å². The van der Waals surface area contributed by atoms with Crippen LogP contribution in [0.3, 0.4) is 0 Å². The van der Waals surface area contributed by atoms with Crippen LogP contribution in [0.25, 0.3) is 0 Å². The van der Waals surface area contributed by atoms with Gasteiger partial charge in [-0.25, -0.2) is 0 Å². The third-order valence-electron chi connectivity index (χ3n) is 4.03. The molecule has 0 aliphatic rings. The van der Waals surface area contributed by atoms with Crippen LogP contribution in [0.2, 0.25) is 18.1 Å². The van der Waals surface area contributed by atoms with Gasteiger partial charge in [0.1, 0.15) is 5.75 Å². The highest BCUT2D eigenvalue weighted by molar-refractivity contribution is 6.74. The molecule has 0 aliphatic heterocycles. The van der Waals surface area contributed by atoms with Crippen LogP contribution in [0, 0.1) is 0 Å². The third kappa shape index (κ3) is 5.63. The highest BCUT2D eigenvalue weighted by Crippen LogP contribution is 2.37. The summed E-state index contributed by atoms with van der Waals surface area (Å²) in [6.07, 6.45) is 1.98. The minimum Gasteiger partial charge on any atom is -0.497 e. The number of rotatable bonds is 6. The van der Waals surface area contributed by atoms with E-state index in [9.17, 15) is 0 Å². The van der Waals surface area contributed by atoms with Crippen molar-refractivity contribution >= 4 is 14.5 Å². The molecule has 0 saturated heterocycles. The molecule has 1 rings (SSSR count). The fourth-order valence-electron chi connectivity index (χ4n) is 1.71. The number of aliphatic imine (C=N–C) groups is 1. The zero-order valence-corrected chi connectivity index (χ0v) is 15.4. The van der Waals surface area contributed by atoms with Gasteiger partial charge in [0.15, 0.2) is 8.32 Å². The van der Waals surface area contributed by atoms with Crippen molar-refractivity contribution in [2.75, 3.05) is 7.11 Å². The number of ether oxygens (including phenoxy) is 1. The Bertz CT molecular complexity index is 461. The van der Waals surface area contributed by atoms with E-state index in [-0.39, 0.29) is 11.1 Å². The smallest absolute Gasteiger partial charge is 0.192 e. The first-order chi connectivity index (χ1) is 9.65. The van der Waals surface area contributed by atoms with E-state index in [2.05, 4.69) is 45.8 Å². The largest absolute Gasteiger partial charge is 0.497 e.